The minimum atomic E-state index is -0.936. The molecule has 0 N–H and O–H groups in total. The van der Waals surface area contributed by atoms with Gasteiger partial charge in [-0.05, 0) is 64.7 Å². The Kier molecular flexibility index (Phi) is 9.78. The van der Waals surface area contributed by atoms with Crippen LogP contribution in [0.3, 0.4) is 0 Å². The van der Waals surface area contributed by atoms with Gasteiger partial charge < -0.3 is 13.9 Å². The molecule has 1 aromatic rings. The summed E-state index contributed by atoms with van der Waals surface area (Å²) < 4.78 is 43.6. The van der Waals surface area contributed by atoms with E-state index in [1.807, 2.05) is 27.7 Å². The maximum absolute atomic E-state index is 13.2. The van der Waals surface area contributed by atoms with Crippen LogP contribution in [0, 0.1) is 11.6 Å². The van der Waals surface area contributed by atoms with Gasteiger partial charge in [-0.2, -0.15) is 0 Å². The number of benzene rings is 1. The molecule has 0 unspecified atom stereocenters. The molecule has 0 aliphatic heterocycles. The monoisotopic (exact) mass is 374 g/mol. The third-order valence-electron chi connectivity index (χ3n) is 3.82. The number of ether oxygens (including phenoxy) is 2. The smallest absolute Gasteiger partial charge is 0.273 e. The summed E-state index contributed by atoms with van der Waals surface area (Å²) >= 11 is 0. The molecule has 0 fully saturated rings. The fourth-order valence-electron chi connectivity index (χ4n) is 2.78. The van der Waals surface area contributed by atoms with Gasteiger partial charge in [-0.15, -0.1) is 0 Å². The van der Waals surface area contributed by atoms with Crippen LogP contribution in [0.25, 0.3) is 0 Å². The minimum absolute atomic E-state index is 0.0288. The summed E-state index contributed by atoms with van der Waals surface area (Å²) in [5.74, 6) is -2.50. The van der Waals surface area contributed by atoms with E-state index in [0.29, 0.717) is 16.9 Å². The van der Waals surface area contributed by atoms with Gasteiger partial charge >= 0.3 is 0 Å². The average Bonchev–Trinajstić information content (AvgIpc) is 2.52. The number of hydrogen-bond donors (Lipinski definition) is 0. The molecule has 3 nitrogen and oxygen atoms in total. The van der Waals surface area contributed by atoms with Gasteiger partial charge in [-0.1, -0.05) is 18.9 Å². The highest BCUT2D eigenvalue weighted by Gasteiger charge is 2.33. The zero-order chi connectivity index (χ0) is 18.9. The van der Waals surface area contributed by atoms with E-state index in [1.54, 1.807) is 6.07 Å². The van der Waals surface area contributed by atoms with Crippen LogP contribution < -0.4 is 0 Å². The Labute approximate surface area is 153 Å². The van der Waals surface area contributed by atoms with Crippen LogP contribution in [-0.4, -0.2) is 28.7 Å². The first-order chi connectivity index (χ1) is 11.8. The van der Waals surface area contributed by atoms with E-state index in [1.165, 1.54) is 12.1 Å². The van der Waals surface area contributed by atoms with E-state index in [0.717, 1.165) is 37.7 Å². The summed E-state index contributed by atoms with van der Waals surface area (Å²) in [6.45, 7) is 7.89. The Bertz CT molecular complexity index is 499. The third-order valence-corrected chi connectivity index (χ3v) is 4.45. The van der Waals surface area contributed by atoms with Gasteiger partial charge in [0.1, 0.15) is 0 Å². The normalized spacial score (nSPS) is 12.5. The Morgan fingerprint density at radius 3 is 2.04 bits per heavy atom. The van der Waals surface area contributed by atoms with E-state index in [9.17, 15) is 8.78 Å². The Morgan fingerprint density at radius 2 is 1.52 bits per heavy atom. The molecule has 1 aromatic carbocycles. The minimum Gasteiger partial charge on any atom is -0.380 e. The highest BCUT2D eigenvalue weighted by Crippen LogP contribution is 2.26. The van der Waals surface area contributed by atoms with Gasteiger partial charge in [-0.25, -0.2) is 8.78 Å². The summed E-state index contributed by atoms with van der Waals surface area (Å²) in [6.07, 6.45) is 5.40. The molecule has 25 heavy (non-hydrogen) atoms. The zero-order valence-corrected chi connectivity index (χ0v) is 18.1. The molecular formula is C19H32F2O3Si. The molecular weight excluding hydrogens is 342 g/mol. The van der Waals surface area contributed by atoms with Crippen LogP contribution in [-0.2, 0) is 20.3 Å². The second kappa shape index (κ2) is 11.0. The van der Waals surface area contributed by atoms with Crippen molar-refractivity contribution in [2.24, 2.45) is 0 Å². The molecule has 0 amide bonds. The topological polar surface area (TPSA) is 27.7 Å². The maximum atomic E-state index is 13.2. The van der Waals surface area contributed by atoms with E-state index < -0.39 is 17.6 Å². The lowest BCUT2D eigenvalue weighted by Gasteiger charge is -2.36. The lowest BCUT2D eigenvalue weighted by molar-refractivity contribution is -0.369. The second-order valence-corrected chi connectivity index (χ2v) is 7.29. The predicted molar refractivity (Wildman–Crippen MR) is 99.3 cm³/mol. The van der Waals surface area contributed by atoms with Gasteiger partial charge in [0.05, 0.1) is 12.2 Å². The number of aryl methyl sites for hydroxylation is 1. The van der Waals surface area contributed by atoms with Crippen molar-refractivity contribution in [3.05, 3.63) is 35.4 Å². The molecule has 0 saturated heterocycles. The first kappa shape index (κ1) is 22.2. The lowest BCUT2D eigenvalue weighted by Crippen LogP contribution is -2.42. The summed E-state index contributed by atoms with van der Waals surface area (Å²) in [6, 6.07) is 4.11. The molecule has 6 heteroatoms. The van der Waals surface area contributed by atoms with Gasteiger partial charge in [-0.3, -0.25) is 0 Å². The molecule has 0 atom stereocenters. The van der Waals surface area contributed by atoms with Crippen molar-refractivity contribution < 1.29 is 22.7 Å². The van der Waals surface area contributed by atoms with Crippen LogP contribution in [0.1, 0.15) is 65.4 Å². The largest absolute Gasteiger partial charge is 0.380 e. The van der Waals surface area contributed by atoms with Crippen LogP contribution in [0.4, 0.5) is 8.78 Å². The van der Waals surface area contributed by atoms with E-state index >= 15 is 0 Å². The van der Waals surface area contributed by atoms with Gasteiger partial charge in [0.25, 0.3) is 5.97 Å². The highest BCUT2D eigenvalue weighted by atomic mass is 28.2. The van der Waals surface area contributed by atoms with Crippen molar-refractivity contribution in [1.29, 1.82) is 0 Å². The molecule has 0 radical (unpaired) electrons. The fourth-order valence-corrected chi connectivity index (χ4v) is 3.18. The number of rotatable bonds is 12. The van der Waals surface area contributed by atoms with Crippen LogP contribution in [0.5, 0.6) is 0 Å². The van der Waals surface area contributed by atoms with Crippen LogP contribution in [0.2, 0.25) is 0 Å². The average molecular weight is 375 g/mol. The molecule has 0 saturated carbocycles. The van der Waals surface area contributed by atoms with Crippen molar-refractivity contribution in [3.8, 4) is 0 Å². The fraction of sp³-hybridized carbons (Fsp3) is 0.684. The third kappa shape index (κ3) is 8.40. The number of unbranched alkanes of at least 4 members (excludes halogenated alkanes) is 3. The molecule has 0 bridgehead atoms. The zero-order valence-electron chi connectivity index (χ0n) is 16.1. The molecule has 0 aromatic heterocycles. The standard InChI is InChI=1S/C19H32F2O3Si/c1-14(2)22-19(24-25,23-15(3)4)12-8-6-5-7-9-16-10-11-17(20)18(21)13-16/h10-11,13-15H,5-9,12H2,1-4,25H3. The lowest BCUT2D eigenvalue weighted by atomic mass is 10.0. The Morgan fingerprint density at radius 1 is 0.920 bits per heavy atom. The molecule has 0 heterocycles. The molecule has 0 spiro atoms. The Balaban J connectivity index is 2.36. The molecule has 0 aliphatic carbocycles. The highest BCUT2D eigenvalue weighted by molar-refractivity contribution is 5.98. The molecule has 0 aliphatic rings. The second-order valence-electron chi connectivity index (χ2n) is 6.88. The quantitative estimate of drug-likeness (QED) is 0.311. The first-order valence-corrected chi connectivity index (χ1v) is 9.94. The summed E-state index contributed by atoms with van der Waals surface area (Å²) in [7, 11) is 0.542. The maximum Gasteiger partial charge on any atom is 0.273 e. The molecule has 144 valence electrons. The van der Waals surface area contributed by atoms with Crippen molar-refractivity contribution in [2.45, 2.75) is 84.4 Å². The number of hydrogen-bond acceptors (Lipinski definition) is 3. The summed E-state index contributed by atoms with van der Waals surface area (Å²) in [4.78, 5) is 0. The molecule has 1 rings (SSSR count). The first-order valence-electron chi connectivity index (χ1n) is 9.12. The Hall–Kier alpha value is -0.823. The SMILES string of the molecule is CC(C)OC(CCCCCCc1ccc(F)c(F)c1)(O[SiH3])OC(C)C. The number of halogens is 2. The van der Waals surface area contributed by atoms with E-state index in [4.69, 9.17) is 13.9 Å². The van der Waals surface area contributed by atoms with Gasteiger partial charge in [0, 0.05) is 6.42 Å². The van der Waals surface area contributed by atoms with Crippen LogP contribution >= 0.6 is 0 Å². The summed E-state index contributed by atoms with van der Waals surface area (Å²) in [5.41, 5.74) is 0.836. The van der Waals surface area contributed by atoms with E-state index in [-0.39, 0.29) is 12.2 Å². The van der Waals surface area contributed by atoms with Crippen LogP contribution in [0.15, 0.2) is 18.2 Å². The summed E-state index contributed by atoms with van der Waals surface area (Å²) in [5, 5.41) is 0. The van der Waals surface area contributed by atoms with Crippen molar-refractivity contribution in [2.75, 3.05) is 0 Å². The van der Waals surface area contributed by atoms with Crippen molar-refractivity contribution >= 4 is 10.5 Å². The van der Waals surface area contributed by atoms with Crippen molar-refractivity contribution in [1.82, 2.24) is 0 Å². The van der Waals surface area contributed by atoms with Gasteiger partial charge in [0.15, 0.2) is 22.1 Å². The van der Waals surface area contributed by atoms with Crippen molar-refractivity contribution in [3.63, 3.8) is 0 Å². The van der Waals surface area contributed by atoms with Gasteiger partial charge in [0.2, 0.25) is 0 Å². The predicted octanol–water partition coefficient (Wildman–Crippen LogP) is 4.26. The van der Waals surface area contributed by atoms with E-state index in [2.05, 4.69) is 0 Å².